The van der Waals surface area contributed by atoms with Crippen molar-refractivity contribution < 1.29 is 9.53 Å². The fourth-order valence-corrected chi connectivity index (χ4v) is 4.07. The third-order valence-corrected chi connectivity index (χ3v) is 5.57. The van der Waals surface area contributed by atoms with E-state index in [4.69, 9.17) is 4.74 Å². The number of ether oxygens (including phenoxy) is 1. The van der Waals surface area contributed by atoms with Gasteiger partial charge in [0.05, 0.1) is 0 Å². The van der Waals surface area contributed by atoms with Gasteiger partial charge in [0.1, 0.15) is 11.5 Å². The molecule has 0 saturated carbocycles. The Bertz CT molecular complexity index is 1220. The average molecular weight is 406 g/mol. The normalized spacial score (nSPS) is 12.7. The number of amides is 1. The van der Waals surface area contributed by atoms with Crippen molar-refractivity contribution in [3.8, 4) is 22.6 Å². The Morgan fingerprint density at radius 1 is 0.871 bits per heavy atom. The molecule has 31 heavy (non-hydrogen) atoms. The topological polar surface area (TPSA) is 42.4 Å². The highest BCUT2D eigenvalue weighted by Crippen LogP contribution is 2.32. The summed E-state index contributed by atoms with van der Waals surface area (Å²) in [5.41, 5.74) is 6.25. The molecule has 0 atom stereocenters. The van der Waals surface area contributed by atoms with Gasteiger partial charge in [0, 0.05) is 31.0 Å². The van der Waals surface area contributed by atoms with Gasteiger partial charge in [-0.1, -0.05) is 36.4 Å². The number of aromatic nitrogens is 1. The van der Waals surface area contributed by atoms with Gasteiger partial charge >= 0.3 is 0 Å². The van der Waals surface area contributed by atoms with Crippen LogP contribution in [0.3, 0.4) is 0 Å². The number of hydrogen-bond acceptors (Lipinski definition) is 3. The van der Waals surface area contributed by atoms with Crippen molar-refractivity contribution in [3.63, 3.8) is 0 Å². The number of carbonyl (C=O) groups excluding carboxylic acids is 1. The van der Waals surface area contributed by atoms with Gasteiger partial charge in [0.2, 0.25) is 0 Å². The number of pyridine rings is 1. The number of rotatable bonds is 5. The quantitative estimate of drug-likeness (QED) is 0.408. The van der Waals surface area contributed by atoms with E-state index in [0.717, 1.165) is 44.9 Å². The van der Waals surface area contributed by atoms with Crippen LogP contribution < -0.4 is 4.74 Å². The van der Waals surface area contributed by atoms with Crippen LogP contribution in [0.2, 0.25) is 0 Å². The molecule has 0 aliphatic carbocycles. The lowest BCUT2D eigenvalue weighted by atomic mass is 9.97. The maximum atomic E-state index is 13.1. The van der Waals surface area contributed by atoms with E-state index in [0.29, 0.717) is 13.1 Å². The van der Waals surface area contributed by atoms with Gasteiger partial charge in [-0.25, -0.2) is 0 Å². The third kappa shape index (κ3) is 3.92. The summed E-state index contributed by atoms with van der Waals surface area (Å²) < 4.78 is 5.86. The van der Waals surface area contributed by atoms with Crippen molar-refractivity contribution in [2.75, 3.05) is 0 Å². The number of carbonyl (C=O) groups is 1. The lowest BCUT2D eigenvalue weighted by Gasteiger charge is -2.16. The first kappa shape index (κ1) is 19.1. The molecule has 0 N–H and O–H groups in total. The summed E-state index contributed by atoms with van der Waals surface area (Å²) in [4.78, 5) is 19.1. The van der Waals surface area contributed by atoms with Crippen LogP contribution in [0.1, 0.15) is 27.0 Å². The standard InChI is InChI=1S/C27H22N2O2/c1-19-15-22(21-11-13-28-14-12-21)16-23-18-29(27(30)26(19)23)17-20-7-9-25(10-8-20)31-24-5-3-2-4-6-24/h2-16H,17-18H2,1H3. The molecule has 5 rings (SSSR count). The molecule has 1 aliphatic rings. The van der Waals surface area contributed by atoms with Crippen LogP contribution in [0.25, 0.3) is 11.1 Å². The second-order valence-electron chi connectivity index (χ2n) is 7.78. The van der Waals surface area contributed by atoms with Crippen LogP contribution >= 0.6 is 0 Å². The number of para-hydroxylation sites is 1. The van der Waals surface area contributed by atoms with Gasteiger partial charge in [-0.2, -0.15) is 0 Å². The highest BCUT2D eigenvalue weighted by atomic mass is 16.5. The number of hydrogen-bond donors (Lipinski definition) is 0. The van der Waals surface area contributed by atoms with E-state index >= 15 is 0 Å². The molecule has 3 aromatic carbocycles. The van der Waals surface area contributed by atoms with E-state index in [-0.39, 0.29) is 5.91 Å². The molecule has 1 aromatic heterocycles. The predicted octanol–water partition coefficient (Wildman–Crippen LogP) is 6.01. The number of benzene rings is 3. The van der Waals surface area contributed by atoms with Crippen molar-refractivity contribution in [1.29, 1.82) is 0 Å². The average Bonchev–Trinajstić information content (AvgIpc) is 3.12. The maximum Gasteiger partial charge on any atom is 0.255 e. The Kier molecular flexibility index (Phi) is 4.97. The maximum absolute atomic E-state index is 13.1. The van der Waals surface area contributed by atoms with Crippen LogP contribution in [-0.4, -0.2) is 15.8 Å². The first-order chi connectivity index (χ1) is 15.2. The smallest absolute Gasteiger partial charge is 0.255 e. The van der Waals surface area contributed by atoms with Gasteiger partial charge in [-0.15, -0.1) is 0 Å². The molecule has 4 aromatic rings. The van der Waals surface area contributed by atoms with Gasteiger partial charge in [0.25, 0.3) is 5.91 Å². The van der Waals surface area contributed by atoms with Gasteiger partial charge in [-0.3, -0.25) is 9.78 Å². The van der Waals surface area contributed by atoms with Crippen LogP contribution in [0.15, 0.2) is 91.3 Å². The highest BCUT2D eigenvalue weighted by Gasteiger charge is 2.29. The Labute approximate surface area is 181 Å². The molecule has 0 radical (unpaired) electrons. The van der Waals surface area contributed by atoms with Crippen molar-refractivity contribution in [2.24, 2.45) is 0 Å². The van der Waals surface area contributed by atoms with Crippen molar-refractivity contribution >= 4 is 5.91 Å². The van der Waals surface area contributed by atoms with Crippen molar-refractivity contribution in [2.45, 2.75) is 20.0 Å². The number of aryl methyl sites for hydroxylation is 1. The molecule has 0 bridgehead atoms. The van der Waals surface area contributed by atoms with E-state index in [9.17, 15) is 4.79 Å². The molecule has 2 heterocycles. The Hall–Kier alpha value is -3.92. The highest BCUT2D eigenvalue weighted by molar-refractivity contribution is 6.00. The molecule has 4 nitrogen and oxygen atoms in total. The summed E-state index contributed by atoms with van der Waals surface area (Å²) in [6.07, 6.45) is 3.58. The van der Waals surface area contributed by atoms with Crippen LogP contribution in [0.5, 0.6) is 11.5 Å². The predicted molar refractivity (Wildman–Crippen MR) is 121 cm³/mol. The van der Waals surface area contributed by atoms with Crippen LogP contribution in [-0.2, 0) is 13.1 Å². The first-order valence-electron chi connectivity index (χ1n) is 10.3. The fourth-order valence-electron chi connectivity index (χ4n) is 4.07. The summed E-state index contributed by atoms with van der Waals surface area (Å²) in [6.45, 7) is 3.21. The Morgan fingerprint density at radius 2 is 1.58 bits per heavy atom. The van der Waals surface area contributed by atoms with Gasteiger partial charge in [-0.05, 0) is 77.2 Å². The van der Waals surface area contributed by atoms with E-state index in [1.165, 1.54) is 0 Å². The van der Waals surface area contributed by atoms with Crippen molar-refractivity contribution in [1.82, 2.24) is 9.88 Å². The van der Waals surface area contributed by atoms with Crippen molar-refractivity contribution in [3.05, 3.63) is 114 Å². The number of nitrogens with zero attached hydrogens (tertiary/aromatic N) is 2. The zero-order valence-electron chi connectivity index (χ0n) is 17.3. The molecular weight excluding hydrogens is 384 g/mol. The van der Waals surface area contributed by atoms with E-state index in [1.54, 1.807) is 12.4 Å². The third-order valence-electron chi connectivity index (χ3n) is 5.57. The molecule has 0 saturated heterocycles. The Morgan fingerprint density at radius 3 is 2.32 bits per heavy atom. The second kappa shape index (κ2) is 8.07. The molecule has 1 amide bonds. The van der Waals surface area contributed by atoms with E-state index < -0.39 is 0 Å². The SMILES string of the molecule is Cc1cc(-c2ccncc2)cc2c1C(=O)N(Cc1ccc(Oc3ccccc3)cc1)C2. The van der Waals surface area contributed by atoms with E-state index in [1.807, 2.05) is 78.6 Å². The number of fused-ring (bicyclic) bond motifs is 1. The van der Waals surface area contributed by atoms with Gasteiger partial charge < -0.3 is 9.64 Å². The lowest BCUT2D eigenvalue weighted by Crippen LogP contribution is -2.23. The summed E-state index contributed by atoms with van der Waals surface area (Å²) >= 11 is 0. The zero-order valence-corrected chi connectivity index (χ0v) is 17.3. The Balaban J connectivity index is 1.32. The minimum Gasteiger partial charge on any atom is -0.457 e. The lowest BCUT2D eigenvalue weighted by molar-refractivity contribution is 0.0766. The van der Waals surface area contributed by atoms with Gasteiger partial charge in [0.15, 0.2) is 0 Å². The minimum absolute atomic E-state index is 0.0957. The molecule has 1 aliphatic heterocycles. The molecule has 0 unspecified atom stereocenters. The summed E-state index contributed by atoms with van der Waals surface area (Å²) in [5.74, 6) is 1.68. The van der Waals surface area contributed by atoms with Crippen LogP contribution in [0.4, 0.5) is 0 Å². The van der Waals surface area contributed by atoms with Crippen LogP contribution in [0, 0.1) is 6.92 Å². The summed E-state index contributed by atoms with van der Waals surface area (Å²) in [7, 11) is 0. The monoisotopic (exact) mass is 406 g/mol. The molecule has 4 heteroatoms. The molecular formula is C27H22N2O2. The molecule has 152 valence electrons. The fraction of sp³-hybridized carbons (Fsp3) is 0.111. The zero-order chi connectivity index (χ0) is 21.2. The summed E-state index contributed by atoms with van der Waals surface area (Å²) in [6, 6.07) is 25.8. The first-order valence-corrected chi connectivity index (χ1v) is 10.3. The molecule has 0 spiro atoms. The van der Waals surface area contributed by atoms with E-state index in [2.05, 4.69) is 17.1 Å². The minimum atomic E-state index is 0.0957. The molecule has 0 fully saturated rings. The summed E-state index contributed by atoms with van der Waals surface area (Å²) in [5, 5.41) is 0. The largest absolute Gasteiger partial charge is 0.457 e. The second-order valence-corrected chi connectivity index (χ2v) is 7.78.